The lowest BCUT2D eigenvalue weighted by atomic mass is 10.2. The molecule has 0 aliphatic heterocycles. The molecule has 0 amide bonds. The van der Waals surface area contributed by atoms with Crippen molar-refractivity contribution in [2.75, 3.05) is 13.6 Å². The third-order valence-electron chi connectivity index (χ3n) is 2.65. The molecule has 0 saturated heterocycles. The van der Waals surface area contributed by atoms with Crippen molar-refractivity contribution >= 4 is 11.3 Å². The molecule has 5 heteroatoms. The van der Waals surface area contributed by atoms with Crippen LogP contribution in [0.1, 0.15) is 10.6 Å². The number of hydrogen-bond acceptors (Lipinski definition) is 3. The van der Waals surface area contributed by atoms with Crippen LogP contribution in [0.2, 0.25) is 0 Å². The van der Waals surface area contributed by atoms with Gasteiger partial charge in [0.2, 0.25) is 0 Å². The molecule has 1 aromatic carbocycles. The average molecular weight is 268 g/mol. The molecule has 2 aromatic rings. The van der Waals surface area contributed by atoms with Crippen LogP contribution in [0, 0.1) is 18.6 Å². The second-order valence-corrected chi connectivity index (χ2v) is 5.09. The van der Waals surface area contributed by atoms with E-state index in [4.69, 9.17) is 0 Å². The number of likely N-dealkylation sites (N-methyl/N-ethyl adjacent to an activating group) is 1. The van der Waals surface area contributed by atoms with Gasteiger partial charge in [-0.15, -0.1) is 11.3 Å². The molecular formula is C13H14F2N2S. The van der Waals surface area contributed by atoms with E-state index < -0.39 is 11.6 Å². The molecule has 0 radical (unpaired) electrons. The summed E-state index contributed by atoms with van der Waals surface area (Å²) in [5, 5.41) is 3.60. The number of benzene rings is 1. The van der Waals surface area contributed by atoms with Gasteiger partial charge in [0.1, 0.15) is 16.6 Å². The molecule has 0 aliphatic carbocycles. The fraction of sp³-hybridized carbons (Fsp3) is 0.308. The smallest absolute Gasteiger partial charge is 0.133 e. The second kappa shape index (κ2) is 5.54. The first-order valence-electron chi connectivity index (χ1n) is 5.68. The Bertz CT molecular complexity index is 552. The van der Waals surface area contributed by atoms with Gasteiger partial charge in [-0.1, -0.05) is 0 Å². The SMILES string of the molecule is CNCCc1sc(-c2cc(F)ccc2F)nc1C. The van der Waals surface area contributed by atoms with Crippen molar-refractivity contribution in [3.63, 3.8) is 0 Å². The van der Waals surface area contributed by atoms with Crippen LogP contribution in [0.4, 0.5) is 8.78 Å². The fourth-order valence-electron chi connectivity index (χ4n) is 1.68. The zero-order valence-corrected chi connectivity index (χ0v) is 11.1. The van der Waals surface area contributed by atoms with Crippen LogP contribution in [0.15, 0.2) is 18.2 Å². The lowest BCUT2D eigenvalue weighted by Gasteiger charge is -1.98. The van der Waals surface area contributed by atoms with Gasteiger partial charge in [-0.25, -0.2) is 13.8 Å². The van der Waals surface area contributed by atoms with Crippen LogP contribution in [0.25, 0.3) is 10.6 Å². The third kappa shape index (κ3) is 2.73. The number of nitrogens with one attached hydrogen (secondary N) is 1. The van der Waals surface area contributed by atoms with E-state index in [2.05, 4.69) is 10.3 Å². The summed E-state index contributed by atoms with van der Waals surface area (Å²) < 4.78 is 26.8. The summed E-state index contributed by atoms with van der Waals surface area (Å²) in [7, 11) is 1.88. The molecule has 0 atom stereocenters. The molecule has 0 saturated carbocycles. The molecule has 0 spiro atoms. The number of aromatic nitrogens is 1. The van der Waals surface area contributed by atoms with Gasteiger partial charge in [0.05, 0.1) is 5.69 Å². The van der Waals surface area contributed by atoms with Gasteiger partial charge in [0, 0.05) is 10.4 Å². The predicted molar refractivity (Wildman–Crippen MR) is 69.8 cm³/mol. The van der Waals surface area contributed by atoms with Crippen LogP contribution < -0.4 is 5.32 Å². The van der Waals surface area contributed by atoms with Crippen LogP contribution in [0.3, 0.4) is 0 Å². The molecule has 1 N–H and O–H groups in total. The topological polar surface area (TPSA) is 24.9 Å². The first-order chi connectivity index (χ1) is 8.61. The van der Waals surface area contributed by atoms with Gasteiger partial charge in [-0.2, -0.15) is 0 Å². The minimum atomic E-state index is -0.448. The van der Waals surface area contributed by atoms with E-state index in [1.54, 1.807) is 0 Å². The Balaban J connectivity index is 2.36. The minimum Gasteiger partial charge on any atom is -0.319 e. The van der Waals surface area contributed by atoms with Gasteiger partial charge < -0.3 is 5.32 Å². The maximum Gasteiger partial charge on any atom is 0.133 e. The standard InChI is InChI=1S/C13H14F2N2S/c1-8-12(5-6-16-2)18-13(17-8)10-7-9(14)3-4-11(10)15/h3-4,7,16H,5-6H2,1-2H3. The molecule has 0 fully saturated rings. The Labute approximate surface area is 109 Å². The van der Waals surface area contributed by atoms with Crippen LogP contribution >= 0.6 is 11.3 Å². The summed E-state index contributed by atoms with van der Waals surface area (Å²) in [5.41, 5.74) is 1.12. The maximum atomic E-state index is 13.6. The first-order valence-corrected chi connectivity index (χ1v) is 6.50. The Hall–Kier alpha value is -1.33. The molecule has 0 bridgehead atoms. The molecule has 0 aliphatic rings. The second-order valence-electron chi connectivity index (χ2n) is 4.01. The Morgan fingerprint density at radius 3 is 2.83 bits per heavy atom. The number of hydrogen-bond donors (Lipinski definition) is 1. The van der Waals surface area contributed by atoms with E-state index in [0.29, 0.717) is 5.01 Å². The quantitative estimate of drug-likeness (QED) is 0.921. The average Bonchev–Trinajstić information content (AvgIpc) is 2.71. The molecule has 0 unspecified atom stereocenters. The van der Waals surface area contributed by atoms with Gasteiger partial charge >= 0.3 is 0 Å². The predicted octanol–water partition coefficient (Wildman–Crippen LogP) is 3.16. The van der Waals surface area contributed by atoms with Crippen molar-refractivity contribution in [3.8, 4) is 10.6 Å². The molecule has 2 rings (SSSR count). The summed E-state index contributed by atoms with van der Waals surface area (Å²) in [6, 6.07) is 3.44. The van der Waals surface area contributed by atoms with E-state index in [1.165, 1.54) is 17.4 Å². The van der Waals surface area contributed by atoms with Gasteiger partial charge in [0.15, 0.2) is 0 Å². The number of aryl methyl sites for hydroxylation is 1. The Morgan fingerprint density at radius 2 is 2.11 bits per heavy atom. The van der Waals surface area contributed by atoms with Gasteiger partial charge in [-0.3, -0.25) is 0 Å². The summed E-state index contributed by atoms with van der Waals surface area (Å²) >= 11 is 1.42. The van der Waals surface area contributed by atoms with Crippen LogP contribution in [0.5, 0.6) is 0 Å². The summed E-state index contributed by atoms with van der Waals surface area (Å²) in [4.78, 5) is 5.42. The first kappa shape index (κ1) is 13.1. The fourth-order valence-corrected chi connectivity index (χ4v) is 2.75. The third-order valence-corrected chi connectivity index (χ3v) is 3.90. The highest BCUT2D eigenvalue weighted by Crippen LogP contribution is 2.30. The summed E-state index contributed by atoms with van der Waals surface area (Å²) in [5.74, 6) is -0.888. The maximum absolute atomic E-state index is 13.6. The Morgan fingerprint density at radius 1 is 1.33 bits per heavy atom. The van der Waals surface area contributed by atoms with Crippen molar-refractivity contribution in [3.05, 3.63) is 40.4 Å². The monoisotopic (exact) mass is 268 g/mol. The molecule has 18 heavy (non-hydrogen) atoms. The number of thiazole rings is 1. The van der Waals surface area contributed by atoms with E-state index in [-0.39, 0.29) is 5.56 Å². The van der Waals surface area contributed by atoms with Crippen molar-refractivity contribution in [2.24, 2.45) is 0 Å². The van der Waals surface area contributed by atoms with Crippen molar-refractivity contribution < 1.29 is 8.78 Å². The summed E-state index contributed by atoms with van der Waals surface area (Å²) in [6.45, 7) is 2.73. The van der Waals surface area contributed by atoms with Crippen LogP contribution in [-0.2, 0) is 6.42 Å². The van der Waals surface area contributed by atoms with E-state index in [9.17, 15) is 8.78 Å². The lowest BCUT2D eigenvalue weighted by molar-refractivity contribution is 0.603. The minimum absolute atomic E-state index is 0.235. The van der Waals surface area contributed by atoms with Gasteiger partial charge in [-0.05, 0) is 45.1 Å². The number of rotatable bonds is 4. The van der Waals surface area contributed by atoms with Crippen molar-refractivity contribution in [2.45, 2.75) is 13.3 Å². The highest BCUT2D eigenvalue weighted by molar-refractivity contribution is 7.15. The van der Waals surface area contributed by atoms with Crippen molar-refractivity contribution in [1.82, 2.24) is 10.3 Å². The molecule has 1 aromatic heterocycles. The number of halogens is 2. The van der Waals surface area contributed by atoms with Gasteiger partial charge in [0.25, 0.3) is 0 Å². The largest absolute Gasteiger partial charge is 0.319 e. The van der Waals surface area contributed by atoms with E-state index >= 15 is 0 Å². The molecule has 1 heterocycles. The van der Waals surface area contributed by atoms with E-state index in [0.717, 1.165) is 35.7 Å². The van der Waals surface area contributed by atoms with E-state index in [1.807, 2.05) is 14.0 Å². The van der Waals surface area contributed by atoms with Crippen LogP contribution in [-0.4, -0.2) is 18.6 Å². The molecule has 2 nitrogen and oxygen atoms in total. The number of nitrogens with zero attached hydrogens (tertiary/aromatic N) is 1. The summed E-state index contributed by atoms with van der Waals surface area (Å²) in [6.07, 6.45) is 0.844. The van der Waals surface area contributed by atoms with Crippen molar-refractivity contribution in [1.29, 1.82) is 0 Å². The zero-order valence-electron chi connectivity index (χ0n) is 10.3. The lowest BCUT2D eigenvalue weighted by Crippen LogP contribution is -2.09. The molecule has 96 valence electrons. The zero-order chi connectivity index (χ0) is 13.1. The Kier molecular flexibility index (Phi) is 4.04. The normalized spacial score (nSPS) is 10.9. The highest BCUT2D eigenvalue weighted by Gasteiger charge is 2.13. The highest BCUT2D eigenvalue weighted by atomic mass is 32.1. The molecular weight excluding hydrogens is 254 g/mol.